The summed E-state index contributed by atoms with van der Waals surface area (Å²) in [6.45, 7) is 2.33. The van der Waals surface area contributed by atoms with Crippen LogP contribution in [-0.2, 0) is 6.61 Å². The highest BCUT2D eigenvalue weighted by Gasteiger charge is 2.02. The number of hydrogen-bond donors (Lipinski definition) is 1. The fourth-order valence-corrected chi connectivity index (χ4v) is 1.62. The molecule has 0 aliphatic rings. The molecule has 2 aromatic carbocycles. The van der Waals surface area contributed by atoms with Crippen LogP contribution in [0.1, 0.15) is 11.1 Å². The van der Waals surface area contributed by atoms with Crippen LogP contribution < -0.4 is 4.74 Å². The molecule has 0 radical (unpaired) electrons. The second kappa shape index (κ2) is 5.11. The van der Waals surface area contributed by atoms with Gasteiger partial charge in [0.05, 0.1) is 0 Å². The predicted octanol–water partition coefficient (Wildman–Crippen LogP) is 3.93. The summed E-state index contributed by atoms with van der Waals surface area (Å²) in [5, 5.41) is 10.4. The Bertz CT molecular complexity index is 506. The lowest BCUT2D eigenvalue weighted by Crippen LogP contribution is -1.95. The Labute approximate surface area is 105 Å². The van der Waals surface area contributed by atoms with E-state index in [-0.39, 0.29) is 5.75 Å². The molecule has 0 saturated carbocycles. The maximum absolute atomic E-state index is 9.67. The summed E-state index contributed by atoms with van der Waals surface area (Å²) in [6, 6.07) is 12.8. The van der Waals surface area contributed by atoms with Crippen molar-refractivity contribution in [2.75, 3.05) is 0 Å². The van der Waals surface area contributed by atoms with Crippen LogP contribution in [0.25, 0.3) is 0 Å². The van der Waals surface area contributed by atoms with Gasteiger partial charge in [-0.25, -0.2) is 0 Å². The molecule has 0 aliphatic heterocycles. The van der Waals surface area contributed by atoms with Crippen LogP contribution >= 0.6 is 11.6 Å². The van der Waals surface area contributed by atoms with E-state index in [1.165, 1.54) is 0 Å². The minimum atomic E-state index is 0.166. The lowest BCUT2D eigenvalue weighted by Gasteiger charge is -2.08. The monoisotopic (exact) mass is 248 g/mol. The van der Waals surface area contributed by atoms with E-state index in [0.29, 0.717) is 17.4 Å². The summed E-state index contributed by atoms with van der Waals surface area (Å²) in [5.74, 6) is 0.657. The zero-order chi connectivity index (χ0) is 12.3. The number of phenols is 1. The number of phenolic OH excluding ortho intramolecular Hbond substituents is 1. The van der Waals surface area contributed by atoms with Crippen molar-refractivity contribution in [3.05, 3.63) is 58.6 Å². The standard InChI is InChI=1S/C14H13ClO2/c1-10-2-7-14(13(16)8-10)17-9-11-3-5-12(15)6-4-11/h2-8,16H,9H2,1H3. The largest absolute Gasteiger partial charge is 0.504 e. The van der Waals surface area contributed by atoms with E-state index in [2.05, 4.69) is 0 Å². The van der Waals surface area contributed by atoms with Gasteiger partial charge in [-0.3, -0.25) is 0 Å². The van der Waals surface area contributed by atoms with Crippen molar-refractivity contribution in [3.8, 4) is 11.5 Å². The molecule has 88 valence electrons. The second-order valence-electron chi connectivity index (χ2n) is 3.89. The molecule has 2 aromatic rings. The summed E-state index contributed by atoms with van der Waals surface area (Å²) in [4.78, 5) is 0. The molecule has 0 fully saturated rings. The van der Waals surface area contributed by atoms with Crippen molar-refractivity contribution >= 4 is 11.6 Å². The minimum absolute atomic E-state index is 0.166. The van der Waals surface area contributed by atoms with Gasteiger partial charge in [0.15, 0.2) is 11.5 Å². The number of halogens is 1. The molecule has 1 N–H and O–H groups in total. The first-order valence-electron chi connectivity index (χ1n) is 5.32. The smallest absolute Gasteiger partial charge is 0.161 e. The number of hydrogen-bond acceptors (Lipinski definition) is 2. The molecular formula is C14H13ClO2. The highest BCUT2D eigenvalue weighted by Crippen LogP contribution is 2.27. The van der Waals surface area contributed by atoms with E-state index >= 15 is 0 Å². The SMILES string of the molecule is Cc1ccc(OCc2ccc(Cl)cc2)c(O)c1. The first-order valence-corrected chi connectivity index (χ1v) is 5.70. The average Bonchev–Trinajstić information content (AvgIpc) is 2.30. The van der Waals surface area contributed by atoms with Gasteiger partial charge in [0.25, 0.3) is 0 Å². The molecule has 0 bridgehead atoms. The van der Waals surface area contributed by atoms with Gasteiger partial charge in [-0.15, -0.1) is 0 Å². The first kappa shape index (κ1) is 11.8. The Hall–Kier alpha value is -1.67. The summed E-state index contributed by atoms with van der Waals surface area (Å²) in [6.07, 6.45) is 0. The number of aryl methyl sites for hydroxylation is 1. The normalized spacial score (nSPS) is 10.2. The Kier molecular flexibility index (Phi) is 3.55. The van der Waals surface area contributed by atoms with E-state index in [1.807, 2.05) is 37.3 Å². The molecule has 2 nitrogen and oxygen atoms in total. The van der Waals surface area contributed by atoms with Crippen molar-refractivity contribution in [2.24, 2.45) is 0 Å². The Morgan fingerprint density at radius 3 is 2.47 bits per heavy atom. The van der Waals surface area contributed by atoms with Crippen LogP contribution in [0.2, 0.25) is 5.02 Å². The van der Waals surface area contributed by atoms with Crippen LogP contribution in [0.3, 0.4) is 0 Å². The summed E-state index contributed by atoms with van der Waals surface area (Å²) >= 11 is 5.79. The van der Waals surface area contributed by atoms with Crippen molar-refractivity contribution in [3.63, 3.8) is 0 Å². The molecule has 0 saturated heterocycles. The maximum Gasteiger partial charge on any atom is 0.161 e. The Morgan fingerprint density at radius 1 is 1.12 bits per heavy atom. The zero-order valence-electron chi connectivity index (χ0n) is 9.48. The molecule has 17 heavy (non-hydrogen) atoms. The predicted molar refractivity (Wildman–Crippen MR) is 68.6 cm³/mol. The van der Waals surface area contributed by atoms with Gasteiger partial charge in [0, 0.05) is 5.02 Å². The topological polar surface area (TPSA) is 29.5 Å². The molecule has 0 aromatic heterocycles. The highest BCUT2D eigenvalue weighted by molar-refractivity contribution is 6.30. The van der Waals surface area contributed by atoms with Gasteiger partial charge in [0.1, 0.15) is 6.61 Å². The number of benzene rings is 2. The third kappa shape index (κ3) is 3.14. The van der Waals surface area contributed by atoms with Crippen molar-refractivity contribution < 1.29 is 9.84 Å². The molecule has 3 heteroatoms. The van der Waals surface area contributed by atoms with Crippen molar-refractivity contribution in [1.82, 2.24) is 0 Å². The molecule has 0 heterocycles. The summed E-state index contributed by atoms with van der Waals surface area (Å²) in [5.41, 5.74) is 2.01. The van der Waals surface area contributed by atoms with E-state index in [0.717, 1.165) is 11.1 Å². The molecule has 0 unspecified atom stereocenters. The van der Waals surface area contributed by atoms with Crippen LogP contribution in [-0.4, -0.2) is 5.11 Å². The van der Waals surface area contributed by atoms with E-state index in [1.54, 1.807) is 12.1 Å². The molecule has 0 aliphatic carbocycles. The van der Waals surface area contributed by atoms with E-state index in [4.69, 9.17) is 16.3 Å². The lowest BCUT2D eigenvalue weighted by molar-refractivity contribution is 0.289. The lowest BCUT2D eigenvalue weighted by atomic mass is 10.2. The number of aromatic hydroxyl groups is 1. The van der Waals surface area contributed by atoms with Crippen molar-refractivity contribution in [2.45, 2.75) is 13.5 Å². The van der Waals surface area contributed by atoms with Gasteiger partial charge >= 0.3 is 0 Å². The number of rotatable bonds is 3. The third-order valence-electron chi connectivity index (χ3n) is 2.42. The molecule has 0 spiro atoms. The van der Waals surface area contributed by atoms with Crippen molar-refractivity contribution in [1.29, 1.82) is 0 Å². The molecule has 2 rings (SSSR count). The summed E-state index contributed by atoms with van der Waals surface area (Å²) in [7, 11) is 0. The van der Waals surface area contributed by atoms with Gasteiger partial charge in [-0.2, -0.15) is 0 Å². The zero-order valence-corrected chi connectivity index (χ0v) is 10.2. The van der Waals surface area contributed by atoms with Gasteiger partial charge in [-0.05, 0) is 42.3 Å². The van der Waals surface area contributed by atoms with E-state index in [9.17, 15) is 5.11 Å². The molecule has 0 atom stereocenters. The van der Waals surface area contributed by atoms with Crippen LogP contribution in [0.15, 0.2) is 42.5 Å². The summed E-state index contributed by atoms with van der Waals surface area (Å²) < 4.78 is 5.52. The highest BCUT2D eigenvalue weighted by atomic mass is 35.5. The van der Waals surface area contributed by atoms with Crippen LogP contribution in [0.5, 0.6) is 11.5 Å². The number of ether oxygens (including phenoxy) is 1. The second-order valence-corrected chi connectivity index (χ2v) is 4.32. The van der Waals surface area contributed by atoms with Gasteiger partial charge in [-0.1, -0.05) is 29.8 Å². The maximum atomic E-state index is 9.67. The Balaban J connectivity index is 2.04. The van der Waals surface area contributed by atoms with Gasteiger partial charge < -0.3 is 9.84 Å². The van der Waals surface area contributed by atoms with Gasteiger partial charge in [0.2, 0.25) is 0 Å². The molecule has 0 amide bonds. The quantitative estimate of drug-likeness (QED) is 0.892. The fourth-order valence-electron chi connectivity index (χ4n) is 1.49. The van der Waals surface area contributed by atoms with E-state index < -0.39 is 0 Å². The first-order chi connectivity index (χ1) is 8.15. The molecular weight excluding hydrogens is 236 g/mol. The average molecular weight is 249 g/mol. The van der Waals surface area contributed by atoms with Crippen LogP contribution in [0, 0.1) is 6.92 Å². The fraction of sp³-hybridized carbons (Fsp3) is 0.143. The third-order valence-corrected chi connectivity index (χ3v) is 2.67. The van der Waals surface area contributed by atoms with Crippen LogP contribution in [0.4, 0.5) is 0 Å². The minimum Gasteiger partial charge on any atom is -0.504 e. The Morgan fingerprint density at radius 2 is 1.82 bits per heavy atom.